The van der Waals surface area contributed by atoms with Crippen molar-refractivity contribution >= 4 is 53.9 Å². The molecule has 3 aliphatic carbocycles. The van der Waals surface area contributed by atoms with E-state index in [0.29, 0.717) is 0 Å². The standard InChI is InChI=1S/C66H42/c1-65(2)56-28-14-13-27-53(56)63-47-22-6-5-19-44(47)55(38-60(63)65)62-50-25-9-7-23-48(50)61(49-24-8-10-26-51(49)62)42-32-33-43-41(35-42)31-34-52-54-36-39-17-3-4-18-40(39)37-59(54)66(64(43)52)57-29-15-11-20-45(57)46-21-12-16-30-58(46)66/h3-38H,1-2H3. The Morgan fingerprint density at radius 3 is 1.42 bits per heavy atom. The lowest BCUT2D eigenvalue weighted by atomic mass is 9.69. The van der Waals surface area contributed by atoms with E-state index in [2.05, 4.69) is 232 Å². The van der Waals surface area contributed by atoms with Crippen LogP contribution in [0, 0.1) is 0 Å². The fraction of sp³-hybridized carbons (Fsp3) is 0.0606. The number of fused-ring (bicyclic) bond motifs is 20. The maximum absolute atomic E-state index is 2.54. The molecule has 12 aromatic rings. The lowest BCUT2D eigenvalue weighted by molar-refractivity contribution is 0.661. The van der Waals surface area contributed by atoms with Crippen molar-refractivity contribution in [2.75, 3.05) is 0 Å². The van der Waals surface area contributed by atoms with Gasteiger partial charge in [-0.05, 0) is 167 Å². The van der Waals surface area contributed by atoms with Crippen molar-refractivity contribution in [3.8, 4) is 55.6 Å². The van der Waals surface area contributed by atoms with Gasteiger partial charge in [0.1, 0.15) is 0 Å². The molecule has 306 valence electrons. The third kappa shape index (κ3) is 4.44. The number of hydrogen-bond donors (Lipinski definition) is 0. The van der Waals surface area contributed by atoms with Crippen molar-refractivity contribution in [2.45, 2.75) is 24.7 Å². The van der Waals surface area contributed by atoms with Crippen LogP contribution in [0.2, 0.25) is 0 Å². The maximum atomic E-state index is 2.54. The van der Waals surface area contributed by atoms with Gasteiger partial charge in [0.25, 0.3) is 0 Å². The highest BCUT2D eigenvalue weighted by Gasteiger charge is 2.52. The molecule has 0 radical (unpaired) electrons. The fourth-order valence-electron chi connectivity index (χ4n) is 13.3. The molecule has 0 saturated heterocycles. The SMILES string of the molecule is CC1(C)c2ccccc2-c2c1cc(-c1c3ccccc3c(-c3ccc4c5c(ccc4c3)-c3cc4ccccc4cc3C53c4ccccc4-c4ccccc43)c3ccccc13)c1ccccc21. The largest absolute Gasteiger partial charge is 0.0731 e. The van der Waals surface area contributed by atoms with Crippen LogP contribution >= 0.6 is 0 Å². The van der Waals surface area contributed by atoms with Crippen LogP contribution in [0.25, 0.3) is 109 Å². The molecule has 15 rings (SSSR count). The Bertz CT molecular complexity index is 4040. The van der Waals surface area contributed by atoms with Crippen LogP contribution in [-0.2, 0) is 10.8 Å². The lowest BCUT2D eigenvalue weighted by Gasteiger charge is -2.31. The van der Waals surface area contributed by atoms with Crippen LogP contribution in [0.5, 0.6) is 0 Å². The first-order valence-corrected chi connectivity index (χ1v) is 23.4. The first-order chi connectivity index (χ1) is 32.5. The Labute approximate surface area is 384 Å². The summed E-state index contributed by atoms with van der Waals surface area (Å²) in [5.41, 5.74) is 20.9. The minimum atomic E-state index is -0.446. The van der Waals surface area contributed by atoms with Gasteiger partial charge in [0.2, 0.25) is 0 Å². The monoisotopic (exact) mass is 834 g/mol. The third-order valence-corrected chi connectivity index (χ3v) is 16.0. The number of rotatable bonds is 2. The molecule has 0 heteroatoms. The van der Waals surface area contributed by atoms with Gasteiger partial charge >= 0.3 is 0 Å². The second-order valence-corrected chi connectivity index (χ2v) is 19.4. The molecule has 0 heterocycles. The first-order valence-electron chi connectivity index (χ1n) is 23.4. The summed E-state index contributed by atoms with van der Waals surface area (Å²) in [4.78, 5) is 0. The van der Waals surface area contributed by atoms with Crippen molar-refractivity contribution in [1.29, 1.82) is 0 Å². The maximum Gasteiger partial charge on any atom is 0.0731 e. The molecule has 66 heavy (non-hydrogen) atoms. The zero-order valence-corrected chi connectivity index (χ0v) is 36.8. The summed E-state index contributed by atoms with van der Waals surface area (Å²) in [7, 11) is 0. The van der Waals surface area contributed by atoms with E-state index < -0.39 is 5.41 Å². The summed E-state index contributed by atoms with van der Waals surface area (Å²) in [5.74, 6) is 0. The van der Waals surface area contributed by atoms with E-state index in [9.17, 15) is 0 Å². The van der Waals surface area contributed by atoms with E-state index in [1.165, 1.54) is 143 Å². The second kappa shape index (κ2) is 12.8. The summed E-state index contributed by atoms with van der Waals surface area (Å²) in [6.07, 6.45) is 0. The highest BCUT2D eigenvalue weighted by atomic mass is 14.5. The minimum absolute atomic E-state index is 0.127. The fourth-order valence-corrected chi connectivity index (χ4v) is 13.3. The predicted octanol–water partition coefficient (Wildman–Crippen LogP) is 17.4. The topological polar surface area (TPSA) is 0 Å². The van der Waals surface area contributed by atoms with Crippen molar-refractivity contribution < 1.29 is 0 Å². The Hall–Kier alpha value is -8.06. The van der Waals surface area contributed by atoms with Gasteiger partial charge in [-0.15, -0.1) is 0 Å². The molecule has 0 amide bonds. The summed E-state index contributed by atoms with van der Waals surface area (Å²) in [6.45, 7) is 4.80. The average Bonchev–Trinajstić information content (AvgIpc) is 3.92. The molecule has 1 spiro atoms. The quantitative estimate of drug-likeness (QED) is 0.152. The van der Waals surface area contributed by atoms with Gasteiger partial charge in [0.15, 0.2) is 0 Å². The van der Waals surface area contributed by atoms with E-state index in [1.54, 1.807) is 0 Å². The Morgan fingerprint density at radius 1 is 0.258 bits per heavy atom. The zero-order valence-electron chi connectivity index (χ0n) is 36.8. The smallest absolute Gasteiger partial charge is 0.0619 e. The molecule has 0 bridgehead atoms. The van der Waals surface area contributed by atoms with Crippen molar-refractivity contribution in [3.05, 3.63) is 252 Å². The molecular weight excluding hydrogens is 793 g/mol. The number of benzene rings is 12. The molecule has 0 aliphatic heterocycles. The van der Waals surface area contributed by atoms with Gasteiger partial charge in [0, 0.05) is 5.41 Å². The van der Waals surface area contributed by atoms with Gasteiger partial charge in [-0.25, -0.2) is 0 Å². The molecular formula is C66H42. The van der Waals surface area contributed by atoms with Crippen molar-refractivity contribution in [3.63, 3.8) is 0 Å². The van der Waals surface area contributed by atoms with Gasteiger partial charge in [-0.2, -0.15) is 0 Å². The van der Waals surface area contributed by atoms with E-state index in [-0.39, 0.29) is 5.41 Å². The van der Waals surface area contributed by atoms with Crippen molar-refractivity contribution in [1.82, 2.24) is 0 Å². The van der Waals surface area contributed by atoms with Crippen LogP contribution in [0.4, 0.5) is 0 Å². The summed E-state index contributed by atoms with van der Waals surface area (Å²) < 4.78 is 0. The molecule has 12 aromatic carbocycles. The zero-order chi connectivity index (χ0) is 43.5. The molecule has 0 fully saturated rings. The molecule has 0 aromatic heterocycles. The van der Waals surface area contributed by atoms with E-state index in [4.69, 9.17) is 0 Å². The average molecular weight is 835 g/mol. The van der Waals surface area contributed by atoms with Crippen molar-refractivity contribution in [2.24, 2.45) is 0 Å². The second-order valence-electron chi connectivity index (χ2n) is 19.4. The minimum Gasteiger partial charge on any atom is -0.0619 e. The third-order valence-electron chi connectivity index (χ3n) is 16.0. The summed E-state index contributed by atoms with van der Waals surface area (Å²) in [5, 5.41) is 12.8. The Balaban J connectivity index is 1.00. The highest BCUT2D eigenvalue weighted by molar-refractivity contribution is 6.25. The van der Waals surface area contributed by atoms with Gasteiger partial charge < -0.3 is 0 Å². The van der Waals surface area contributed by atoms with Gasteiger partial charge in [0.05, 0.1) is 5.41 Å². The van der Waals surface area contributed by atoms with Crippen LogP contribution < -0.4 is 0 Å². The van der Waals surface area contributed by atoms with Crippen LogP contribution in [0.3, 0.4) is 0 Å². The normalized spacial score (nSPS) is 14.5. The van der Waals surface area contributed by atoms with E-state index in [0.717, 1.165) is 0 Å². The molecule has 0 unspecified atom stereocenters. The van der Waals surface area contributed by atoms with E-state index >= 15 is 0 Å². The summed E-state index contributed by atoms with van der Waals surface area (Å²) in [6, 6.07) is 83.3. The molecule has 3 aliphatic rings. The predicted molar refractivity (Wildman–Crippen MR) is 279 cm³/mol. The lowest BCUT2D eigenvalue weighted by Crippen LogP contribution is -2.26. The molecule has 0 saturated carbocycles. The van der Waals surface area contributed by atoms with Gasteiger partial charge in [-0.1, -0.05) is 208 Å². The molecule has 0 nitrogen and oxygen atoms in total. The van der Waals surface area contributed by atoms with Crippen LogP contribution in [0.15, 0.2) is 218 Å². The van der Waals surface area contributed by atoms with Gasteiger partial charge in [-0.3, -0.25) is 0 Å². The summed E-state index contributed by atoms with van der Waals surface area (Å²) >= 11 is 0. The first kappa shape index (κ1) is 36.3. The molecule has 0 atom stereocenters. The highest BCUT2D eigenvalue weighted by Crippen LogP contribution is 2.65. The van der Waals surface area contributed by atoms with E-state index in [1.807, 2.05) is 0 Å². The van der Waals surface area contributed by atoms with Crippen LogP contribution in [0.1, 0.15) is 47.2 Å². The molecule has 0 N–H and O–H groups in total. The number of hydrogen-bond acceptors (Lipinski definition) is 0. The van der Waals surface area contributed by atoms with Crippen LogP contribution in [-0.4, -0.2) is 0 Å². The Morgan fingerprint density at radius 2 is 0.773 bits per heavy atom. The Kier molecular flexibility index (Phi) is 7.04.